The van der Waals surface area contributed by atoms with Gasteiger partial charge in [0, 0.05) is 0 Å². The Bertz CT molecular complexity index is 196. The van der Waals surface area contributed by atoms with Crippen LogP contribution in [0.3, 0.4) is 0 Å². The number of likely N-dealkylation sites (N-methyl/N-ethyl adjacent to an activating group) is 1. The Morgan fingerprint density at radius 3 is 2.70 bits per heavy atom. The lowest BCUT2D eigenvalue weighted by Crippen LogP contribution is -3.09. The van der Waals surface area contributed by atoms with Gasteiger partial charge in [-0.2, -0.15) is 0 Å². The van der Waals surface area contributed by atoms with Gasteiger partial charge in [0.15, 0.2) is 0 Å². The molecule has 0 aromatic heterocycles. The zero-order chi connectivity index (χ0) is 7.56. The standard InChI is InChI=1S/C7H9NO2/c1-8-5-3-2-4-6(8)7(9)10/h2-6H,1H3,(H,9,10)/p+1. The number of rotatable bonds is 1. The highest BCUT2D eigenvalue weighted by molar-refractivity contribution is 5.74. The van der Waals surface area contributed by atoms with E-state index in [1.807, 2.05) is 19.3 Å². The lowest BCUT2D eigenvalue weighted by atomic mass is 10.2. The summed E-state index contributed by atoms with van der Waals surface area (Å²) >= 11 is 0. The van der Waals surface area contributed by atoms with Crippen LogP contribution >= 0.6 is 0 Å². The summed E-state index contributed by atoms with van der Waals surface area (Å²) in [4.78, 5) is 11.3. The molecule has 1 aliphatic rings. The second-order valence-electron chi connectivity index (χ2n) is 2.30. The quantitative estimate of drug-likeness (QED) is 0.492. The Hall–Kier alpha value is -1.09. The molecule has 0 saturated heterocycles. The number of carbonyl (C=O) groups is 1. The molecule has 0 spiro atoms. The van der Waals surface area contributed by atoms with Crippen molar-refractivity contribution < 1.29 is 14.8 Å². The lowest BCUT2D eigenvalue weighted by Gasteiger charge is -2.15. The van der Waals surface area contributed by atoms with E-state index in [0.717, 1.165) is 4.90 Å². The molecule has 1 heterocycles. The minimum absolute atomic E-state index is 0.412. The molecule has 0 fully saturated rings. The lowest BCUT2D eigenvalue weighted by molar-refractivity contribution is -0.836. The Labute approximate surface area is 59.3 Å². The summed E-state index contributed by atoms with van der Waals surface area (Å²) in [6.07, 6.45) is 7.09. The molecule has 10 heavy (non-hydrogen) atoms. The highest BCUT2D eigenvalue weighted by Crippen LogP contribution is 1.87. The van der Waals surface area contributed by atoms with Crippen LogP contribution < -0.4 is 4.90 Å². The molecule has 1 aliphatic heterocycles. The van der Waals surface area contributed by atoms with Crippen molar-refractivity contribution in [3.63, 3.8) is 0 Å². The molecule has 54 valence electrons. The van der Waals surface area contributed by atoms with Crippen molar-refractivity contribution in [2.75, 3.05) is 7.05 Å². The molecule has 2 N–H and O–H groups in total. The molecule has 2 atom stereocenters. The molecular formula is C7H10NO2+. The fraction of sp³-hybridized carbons (Fsp3) is 0.286. The summed E-state index contributed by atoms with van der Waals surface area (Å²) < 4.78 is 0. The first-order valence-electron chi connectivity index (χ1n) is 3.13. The number of aliphatic carboxylic acids is 1. The van der Waals surface area contributed by atoms with Gasteiger partial charge in [0.2, 0.25) is 6.04 Å². The number of nitrogens with one attached hydrogen (secondary N) is 1. The minimum atomic E-state index is -0.780. The monoisotopic (exact) mass is 140 g/mol. The number of allylic oxidation sites excluding steroid dienone is 2. The summed E-state index contributed by atoms with van der Waals surface area (Å²) in [6, 6.07) is -0.412. The van der Waals surface area contributed by atoms with Crippen LogP contribution in [0.2, 0.25) is 0 Å². The van der Waals surface area contributed by atoms with E-state index in [2.05, 4.69) is 0 Å². The number of carboxylic acids is 1. The second kappa shape index (κ2) is 2.66. The molecule has 0 amide bonds. The summed E-state index contributed by atoms with van der Waals surface area (Å²) in [5.74, 6) is -0.780. The fourth-order valence-electron chi connectivity index (χ4n) is 0.915. The zero-order valence-electron chi connectivity index (χ0n) is 5.74. The van der Waals surface area contributed by atoms with Crippen molar-refractivity contribution in [1.82, 2.24) is 0 Å². The number of quaternary nitrogens is 1. The van der Waals surface area contributed by atoms with E-state index in [0.29, 0.717) is 0 Å². The second-order valence-corrected chi connectivity index (χ2v) is 2.30. The SMILES string of the molecule is C[NH+]1C=CC=CC1C(=O)O. The third-order valence-corrected chi connectivity index (χ3v) is 1.53. The van der Waals surface area contributed by atoms with Gasteiger partial charge in [-0.1, -0.05) is 6.08 Å². The van der Waals surface area contributed by atoms with Crippen molar-refractivity contribution in [2.24, 2.45) is 0 Å². The molecule has 0 saturated carbocycles. The summed E-state index contributed by atoms with van der Waals surface area (Å²) in [5.41, 5.74) is 0. The third-order valence-electron chi connectivity index (χ3n) is 1.53. The van der Waals surface area contributed by atoms with Gasteiger partial charge < -0.3 is 5.11 Å². The highest BCUT2D eigenvalue weighted by atomic mass is 16.4. The zero-order valence-corrected chi connectivity index (χ0v) is 5.74. The van der Waals surface area contributed by atoms with Crippen LogP contribution in [0.25, 0.3) is 0 Å². The van der Waals surface area contributed by atoms with Crippen LogP contribution in [0.4, 0.5) is 0 Å². The predicted molar refractivity (Wildman–Crippen MR) is 36.6 cm³/mol. The average Bonchev–Trinajstić information content (AvgIpc) is 1.88. The average molecular weight is 140 g/mol. The van der Waals surface area contributed by atoms with E-state index in [9.17, 15) is 4.79 Å². The van der Waals surface area contributed by atoms with Gasteiger partial charge in [0.1, 0.15) is 0 Å². The van der Waals surface area contributed by atoms with Gasteiger partial charge >= 0.3 is 5.97 Å². The third kappa shape index (κ3) is 1.25. The highest BCUT2D eigenvalue weighted by Gasteiger charge is 2.22. The van der Waals surface area contributed by atoms with Crippen molar-refractivity contribution >= 4 is 5.97 Å². The van der Waals surface area contributed by atoms with Crippen LogP contribution in [0.15, 0.2) is 24.4 Å². The van der Waals surface area contributed by atoms with E-state index in [1.54, 1.807) is 12.2 Å². The number of hydrogen-bond acceptors (Lipinski definition) is 1. The maximum Gasteiger partial charge on any atom is 0.367 e. The number of carboxylic acid groups (broad SMARTS) is 1. The molecule has 0 aromatic rings. The van der Waals surface area contributed by atoms with Crippen molar-refractivity contribution in [3.05, 3.63) is 24.4 Å². The van der Waals surface area contributed by atoms with Crippen LogP contribution in [-0.4, -0.2) is 24.2 Å². The first kappa shape index (κ1) is 7.02. The summed E-state index contributed by atoms with van der Waals surface area (Å²) in [6.45, 7) is 0. The van der Waals surface area contributed by atoms with E-state index in [-0.39, 0.29) is 0 Å². The Balaban J connectivity index is 2.70. The van der Waals surface area contributed by atoms with Crippen molar-refractivity contribution in [2.45, 2.75) is 6.04 Å². The topological polar surface area (TPSA) is 41.7 Å². The Morgan fingerprint density at radius 1 is 1.60 bits per heavy atom. The Morgan fingerprint density at radius 2 is 2.30 bits per heavy atom. The van der Waals surface area contributed by atoms with Gasteiger partial charge in [0.25, 0.3) is 0 Å². The van der Waals surface area contributed by atoms with Gasteiger partial charge in [-0.05, 0) is 12.2 Å². The first-order chi connectivity index (χ1) is 4.72. The molecule has 0 aliphatic carbocycles. The molecule has 1 rings (SSSR count). The fourth-order valence-corrected chi connectivity index (χ4v) is 0.915. The smallest absolute Gasteiger partial charge is 0.367 e. The molecule has 0 aromatic carbocycles. The Kier molecular flexibility index (Phi) is 1.87. The van der Waals surface area contributed by atoms with Crippen LogP contribution in [0.1, 0.15) is 0 Å². The molecular weight excluding hydrogens is 130 g/mol. The molecule has 2 unspecified atom stereocenters. The normalized spacial score (nSPS) is 30.5. The molecule has 0 radical (unpaired) electrons. The van der Waals surface area contributed by atoms with Gasteiger partial charge in [-0.15, -0.1) is 0 Å². The first-order valence-corrected chi connectivity index (χ1v) is 3.13. The summed E-state index contributed by atoms with van der Waals surface area (Å²) in [7, 11) is 1.82. The molecule has 3 heteroatoms. The van der Waals surface area contributed by atoms with Gasteiger partial charge in [-0.25, -0.2) is 4.79 Å². The molecule has 0 bridgehead atoms. The van der Waals surface area contributed by atoms with Crippen LogP contribution in [0, 0.1) is 0 Å². The maximum absolute atomic E-state index is 10.5. The number of hydrogen-bond donors (Lipinski definition) is 2. The van der Waals surface area contributed by atoms with Crippen molar-refractivity contribution in [3.8, 4) is 0 Å². The van der Waals surface area contributed by atoms with E-state index in [4.69, 9.17) is 5.11 Å². The van der Waals surface area contributed by atoms with E-state index in [1.165, 1.54) is 0 Å². The maximum atomic E-state index is 10.5. The van der Waals surface area contributed by atoms with Gasteiger partial charge in [0.05, 0.1) is 13.2 Å². The van der Waals surface area contributed by atoms with Crippen LogP contribution in [0.5, 0.6) is 0 Å². The van der Waals surface area contributed by atoms with Gasteiger partial charge in [-0.3, -0.25) is 4.90 Å². The largest absolute Gasteiger partial charge is 0.477 e. The minimum Gasteiger partial charge on any atom is -0.477 e. The van der Waals surface area contributed by atoms with Crippen LogP contribution in [-0.2, 0) is 4.79 Å². The van der Waals surface area contributed by atoms with E-state index >= 15 is 0 Å². The van der Waals surface area contributed by atoms with Crippen molar-refractivity contribution in [1.29, 1.82) is 0 Å². The predicted octanol–water partition coefficient (Wildman–Crippen LogP) is -0.962. The van der Waals surface area contributed by atoms with E-state index < -0.39 is 12.0 Å². The molecule has 3 nitrogen and oxygen atoms in total. The summed E-state index contributed by atoms with van der Waals surface area (Å²) in [5, 5.41) is 8.60.